The minimum absolute atomic E-state index is 0.174. The van der Waals surface area contributed by atoms with Gasteiger partial charge < -0.3 is 15.4 Å². The number of hydrogen-bond acceptors (Lipinski definition) is 5. The van der Waals surface area contributed by atoms with Crippen molar-refractivity contribution in [3.8, 4) is 6.07 Å². The molecule has 2 aromatic carbocycles. The predicted octanol–water partition coefficient (Wildman–Crippen LogP) is 3.88. The number of hydrogen-bond donors (Lipinski definition) is 2. The fourth-order valence-corrected chi connectivity index (χ4v) is 2.32. The largest absolute Gasteiger partial charge is 0.462 e. The summed E-state index contributed by atoms with van der Waals surface area (Å²) in [4.78, 5) is 24.3. The van der Waals surface area contributed by atoms with E-state index in [0.29, 0.717) is 16.9 Å². The smallest absolute Gasteiger partial charge is 0.350 e. The van der Waals surface area contributed by atoms with E-state index in [2.05, 4.69) is 17.6 Å². The number of benzene rings is 2. The van der Waals surface area contributed by atoms with Crippen LogP contribution >= 0.6 is 0 Å². The molecule has 138 valence electrons. The van der Waals surface area contributed by atoms with E-state index in [9.17, 15) is 9.59 Å². The van der Waals surface area contributed by atoms with Crippen LogP contribution in [0.2, 0.25) is 0 Å². The van der Waals surface area contributed by atoms with Crippen LogP contribution in [0, 0.1) is 11.3 Å². The average molecular weight is 363 g/mol. The van der Waals surface area contributed by atoms with Crippen molar-refractivity contribution in [1.82, 2.24) is 0 Å². The third kappa shape index (κ3) is 5.44. The summed E-state index contributed by atoms with van der Waals surface area (Å²) >= 11 is 0. The number of esters is 1. The van der Waals surface area contributed by atoms with Crippen molar-refractivity contribution >= 4 is 23.3 Å². The first-order valence-electron chi connectivity index (χ1n) is 8.62. The fraction of sp³-hybridized carbons (Fsp3) is 0.190. The lowest BCUT2D eigenvalue weighted by Gasteiger charge is -2.11. The predicted molar refractivity (Wildman–Crippen MR) is 104 cm³/mol. The molecule has 0 atom stereocenters. The average Bonchev–Trinajstić information content (AvgIpc) is 2.69. The van der Waals surface area contributed by atoms with Gasteiger partial charge in [0.1, 0.15) is 6.07 Å². The summed E-state index contributed by atoms with van der Waals surface area (Å²) in [5.41, 5.74) is 2.55. The second kappa shape index (κ2) is 9.78. The zero-order chi connectivity index (χ0) is 19.6. The Labute approximate surface area is 158 Å². The normalized spacial score (nSPS) is 10.6. The molecule has 0 aliphatic rings. The van der Waals surface area contributed by atoms with E-state index >= 15 is 0 Å². The lowest BCUT2D eigenvalue weighted by molar-refractivity contribution is -0.138. The molecular formula is C21H21N3O3. The summed E-state index contributed by atoms with van der Waals surface area (Å²) in [6.07, 6.45) is 2.16. The molecule has 0 heterocycles. The number of aryl methyl sites for hydroxylation is 1. The topological polar surface area (TPSA) is 91.2 Å². The first-order valence-corrected chi connectivity index (χ1v) is 8.62. The molecule has 2 N–H and O–H groups in total. The number of anilines is 2. The Bertz CT molecular complexity index is 880. The number of nitrogens with zero attached hydrogens (tertiary/aromatic N) is 1. The molecule has 0 fully saturated rings. The van der Waals surface area contributed by atoms with Crippen molar-refractivity contribution < 1.29 is 14.3 Å². The fourth-order valence-electron chi connectivity index (χ4n) is 2.32. The van der Waals surface area contributed by atoms with Crippen molar-refractivity contribution in [3.05, 3.63) is 71.4 Å². The first-order chi connectivity index (χ1) is 13.1. The van der Waals surface area contributed by atoms with E-state index in [0.717, 1.165) is 6.42 Å². The van der Waals surface area contributed by atoms with Crippen LogP contribution in [0.25, 0.3) is 0 Å². The Morgan fingerprint density at radius 1 is 1.11 bits per heavy atom. The molecule has 27 heavy (non-hydrogen) atoms. The maximum Gasteiger partial charge on any atom is 0.350 e. The van der Waals surface area contributed by atoms with E-state index in [1.165, 1.54) is 11.8 Å². The molecule has 0 unspecified atom stereocenters. The molecule has 2 rings (SSSR count). The number of nitriles is 1. The van der Waals surface area contributed by atoms with Crippen LogP contribution in [0.15, 0.2) is 60.3 Å². The molecule has 2 aromatic rings. The molecule has 0 saturated carbocycles. The highest BCUT2D eigenvalue weighted by Gasteiger charge is 2.13. The maximum absolute atomic E-state index is 12.6. The number of carbonyl (C=O) groups excluding carboxylic acids is 2. The van der Waals surface area contributed by atoms with Crippen molar-refractivity contribution in [2.24, 2.45) is 0 Å². The number of ether oxygens (including phenoxy) is 1. The number of para-hydroxylation sites is 1. The molecule has 1 amide bonds. The molecule has 6 heteroatoms. The quantitative estimate of drug-likeness (QED) is 0.442. The molecular weight excluding hydrogens is 342 g/mol. The molecule has 0 radical (unpaired) electrons. The Hall–Kier alpha value is -3.59. The second-order valence-electron chi connectivity index (χ2n) is 5.58. The van der Waals surface area contributed by atoms with E-state index in [1.807, 2.05) is 24.3 Å². The highest BCUT2D eigenvalue weighted by molar-refractivity contribution is 6.08. The van der Waals surface area contributed by atoms with Gasteiger partial charge in [-0.1, -0.05) is 31.2 Å². The van der Waals surface area contributed by atoms with Crippen LogP contribution in [0.4, 0.5) is 11.4 Å². The summed E-state index contributed by atoms with van der Waals surface area (Å²) in [6, 6.07) is 16.2. The highest BCUT2D eigenvalue weighted by atomic mass is 16.5. The third-order valence-corrected chi connectivity index (χ3v) is 3.78. The van der Waals surface area contributed by atoms with Gasteiger partial charge >= 0.3 is 5.97 Å². The minimum Gasteiger partial charge on any atom is -0.462 e. The van der Waals surface area contributed by atoms with Crippen LogP contribution < -0.4 is 10.6 Å². The summed E-state index contributed by atoms with van der Waals surface area (Å²) in [5.74, 6) is -1.02. The van der Waals surface area contributed by atoms with Crippen LogP contribution in [-0.4, -0.2) is 18.5 Å². The zero-order valence-corrected chi connectivity index (χ0v) is 15.3. The van der Waals surface area contributed by atoms with Crippen molar-refractivity contribution in [3.63, 3.8) is 0 Å². The molecule has 0 aliphatic carbocycles. The second-order valence-corrected chi connectivity index (χ2v) is 5.58. The molecule has 0 spiro atoms. The van der Waals surface area contributed by atoms with Crippen LogP contribution in [-0.2, 0) is 16.0 Å². The Balaban J connectivity index is 2.17. The van der Waals surface area contributed by atoms with Crippen LogP contribution in [0.3, 0.4) is 0 Å². The monoisotopic (exact) mass is 363 g/mol. The Kier molecular flexibility index (Phi) is 7.15. The molecule has 6 nitrogen and oxygen atoms in total. The molecule has 0 aromatic heterocycles. The molecule has 0 saturated heterocycles. The maximum atomic E-state index is 12.6. The third-order valence-electron chi connectivity index (χ3n) is 3.78. The van der Waals surface area contributed by atoms with Gasteiger partial charge in [-0.25, -0.2) is 4.79 Å². The summed E-state index contributed by atoms with van der Waals surface area (Å²) in [7, 11) is 0. The van der Waals surface area contributed by atoms with Gasteiger partial charge in [0.15, 0.2) is 5.57 Å². The van der Waals surface area contributed by atoms with Crippen LogP contribution in [0.1, 0.15) is 29.8 Å². The van der Waals surface area contributed by atoms with Gasteiger partial charge in [0.2, 0.25) is 0 Å². The van der Waals surface area contributed by atoms with Gasteiger partial charge in [-0.15, -0.1) is 0 Å². The van der Waals surface area contributed by atoms with E-state index in [4.69, 9.17) is 10.00 Å². The van der Waals surface area contributed by atoms with Gasteiger partial charge in [-0.05, 0) is 43.2 Å². The van der Waals surface area contributed by atoms with Crippen molar-refractivity contribution in [2.45, 2.75) is 20.3 Å². The summed E-state index contributed by atoms with van der Waals surface area (Å²) in [6.45, 7) is 3.90. The first kappa shape index (κ1) is 19.7. The van der Waals surface area contributed by atoms with Gasteiger partial charge in [-0.2, -0.15) is 5.26 Å². The van der Waals surface area contributed by atoms with Gasteiger partial charge in [0.25, 0.3) is 5.91 Å². The van der Waals surface area contributed by atoms with E-state index in [1.54, 1.807) is 37.3 Å². The van der Waals surface area contributed by atoms with Crippen molar-refractivity contribution in [2.75, 3.05) is 17.2 Å². The summed E-state index contributed by atoms with van der Waals surface area (Å²) < 4.78 is 4.81. The van der Waals surface area contributed by atoms with Crippen LogP contribution in [0.5, 0.6) is 0 Å². The van der Waals surface area contributed by atoms with E-state index in [-0.39, 0.29) is 18.1 Å². The lowest BCUT2D eigenvalue weighted by atomic mass is 10.1. The standard InChI is InChI=1S/C21H21N3O3/c1-3-15-9-11-17(12-10-15)24-20(25)18-7-5-6-8-19(18)23-14-16(13-22)21(26)27-4-2/h5-12,14,23H,3-4H2,1-2H3,(H,24,25)/b16-14+. The Morgan fingerprint density at radius 2 is 1.81 bits per heavy atom. The lowest BCUT2D eigenvalue weighted by Crippen LogP contribution is -2.14. The SMILES string of the molecule is CCOC(=O)/C(C#N)=C/Nc1ccccc1C(=O)Nc1ccc(CC)cc1. The van der Waals surface area contributed by atoms with Gasteiger partial charge in [0.05, 0.1) is 17.9 Å². The zero-order valence-electron chi connectivity index (χ0n) is 15.3. The number of nitrogens with one attached hydrogen (secondary N) is 2. The molecule has 0 aliphatic heterocycles. The van der Waals surface area contributed by atoms with Gasteiger partial charge in [-0.3, -0.25) is 4.79 Å². The number of amides is 1. The number of carbonyl (C=O) groups is 2. The van der Waals surface area contributed by atoms with Crippen molar-refractivity contribution in [1.29, 1.82) is 5.26 Å². The summed E-state index contributed by atoms with van der Waals surface area (Å²) in [5, 5.41) is 14.8. The van der Waals surface area contributed by atoms with Gasteiger partial charge in [0, 0.05) is 11.9 Å². The minimum atomic E-state index is -0.717. The van der Waals surface area contributed by atoms with E-state index < -0.39 is 5.97 Å². The molecule has 0 bridgehead atoms. The Morgan fingerprint density at radius 3 is 2.44 bits per heavy atom. The number of rotatable bonds is 7. The highest BCUT2D eigenvalue weighted by Crippen LogP contribution is 2.18.